The highest BCUT2D eigenvalue weighted by molar-refractivity contribution is 5.78. The lowest BCUT2D eigenvalue weighted by atomic mass is 10.1. The normalized spacial score (nSPS) is 12.6. The van der Waals surface area contributed by atoms with Gasteiger partial charge in [0.05, 0.1) is 12.8 Å². The van der Waals surface area contributed by atoms with Crippen molar-refractivity contribution >= 4 is 11.0 Å². The molecule has 0 amide bonds. The van der Waals surface area contributed by atoms with E-state index >= 15 is 0 Å². The van der Waals surface area contributed by atoms with Crippen molar-refractivity contribution in [1.29, 1.82) is 0 Å². The average Bonchev–Trinajstić information content (AvgIpc) is 2.89. The molecule has 5 nitrogen and oxygen atoms in total. The average molecular weight is 274 g/mol. The molecule has 2 heterocycles. The molecule has 102 valence electrons. The van der Waals surface area contributed by atoms with E-state index in [9.17, 15) is 9.50 Å². The lowest BCUT2D eigenvalue weighted by molar-refractivity contribution is 0.187. The van der Waals surface area contributed by atoms with Gasteiger partial charge >= 0.3 is 0 Å². The molecular formula is C14H11FN2O3. The molecule has 3 aromatic rings. The largest absolute Gasteiger partial charge is 0.481 e. The van der Waals surface area contributed by atoms with Crippen molar-refractivity contribution in [2.45, 2.75) is 6.10 Å². The van der Waals surface area contributed by atoms with Crippen LogP contribution in [0, 0.1) is 5.82 Å². The van der Waals surface area contributed by atoms with Crippen molar-refractivity contribution < 1.29 is 18.7 Å². The molecule has 6 heteroatoms. The predicted octanol–water partition coefficient (Wildman–Crippen LogP) is 2.45. The first-order valence-corrected chi connectivity index (χ1v) is 5.90. The minimum atomic E-state index is -1.07. The maximum absolute atomic E-state index is 13.1. The molecule has 1 N–H and O–H groups in total. The van der Waals surface area contributed by atoms with Gasteiger partial charge in [0, 0.05) is 11.5 Å². The van der Waals surface area contributed by atoms with Crippen LogP contribution in [-0.4, -0.2) is 22.2 Å². The van der Waals surface area contributed by atoms with Crippen LogP contribution in [-0.2, 0) is 0 Å². The maximum Gasteiger partial charge on any atom is 0.216 e. The lowest BCUT2D eigenvalue weighted by Crippen LogP contribution is -2.02. The smallest absolute Gasteiger partial charge is 0.216 e. The summed E-state index contributed by atoms with van der Waals surface area (Å²) >= 11 is 0. The number of aliphatic hydroxyl groups excluding tert-OH is 1. The Morgan fingerprint density at radius 3 is 2.90 bits per heavy atom. The summed E-state index contributed by atoms with van der Waals surface area (Å²) in [4.78, 5) is 7.84. The summed E-state index contributed by atoms with van der Waals surface area (Å²) in [5.41, 5.74) is 0.845. The second kappa shape index (κ2) is 4.90. The molecule has 3 rings (SSSR count). The molecule has 0 aliphatic carbocycles. The standard InChI is InChI=1S/C14H11FN2O3/c1-19-13-6-10(16-7-17-13)14(18)12-5-8-4-9(15)2-3-11(8)20-12/h2-7,14,18H,1H3. The number of hydrogen-bond acceptors (Lipinski definition) is 5. The second-order valence-electron chi connectivity index (χ2n) is 4.22. The molecule has 0 spiro atoms. The van der Waals surface area contributed by atoms with Crippen molar-refractivity contribution in [2.24, 2.45) is 0 Å². The summed E-state index contributed by atoms with van der Waals surface area (Å²) in [6.07, 6.45) is 0.224. The molecule has 1 unspecified atom stereocenters. The van der Waals surface area contributed by atoms with E-state index in [0.717, 1.165) is 0 Å². The number of rotatable bonds is 3. The van der Waals surface area contributed by atoms with E-state index in [1.165, 1.54) is 37.7 Å². The van der Waals surface area contributed by atoms with Crippen LogP contribution in [0.5, 0.6) is 5.88 Å². The molecule has 0 bridgehead atoms. The summed E-state index contributed by atoms with van der Waals surface area (Å²) in [5.74, 6) is 0.269. The zero-order valence-electron chi connectivity index (χ0n) is 10.6. The first kappa shape index (κ1) is 12.6. The Morgan fingerprint density at radius 2 is 2.10 bits per heavy atom. The number of aromatic nitrogens is 2. The molecular weight excluding hydrogens is 263 g/mol. The summed E-state index contributed by atoms with van der Waals surface area (Å²) in [6.45, 7) is 0. The van der Waals surface area contributed by atoms with E-state index in [2.05, 4.69) is 9.97 Å². The van der Waals surface area contributed by atoms with Gasteiger partial charge in [0.25, 0.3) is 0 Å². The minimum Gasteiger partial charge on any atom is -0.481 e. The number of aliphatic hydroxyl groups is 1. The molecule has 0 saturated heterocycles. The van der Waals surface area contributed by atoms with Crippen molar-refractivity contribution in [3.63, 3.8) is 0 Å². The molecule has 0 fully saturated rings. The van der Waals surface area contributed by atoms with Crippen LogP contribution in [0.15, 0.2) is 41.1 Å². The number of halogens is 1. The number of ether oxygens (including phenoxy) is 1. The summed E-state index contributed by atoms with van der Waals surface area (Å²) < 4.78 is 23.6. The Bertz CT molecular complexity index is 757. The summed E-state index contributed by atoms with van der Waals surface area (Å²) in [7, 11) is 1.47. The Balaban J connectivity index is 2.00. The molecule has 20 heavy (non-hydrogen) atoms. The third kappa shape index (κ3) is 2.21. The Labute approximate surface area is 113 Å². The van der Waals surface area contributed by atoms with Crippen molar-refractivity contribution in [3.05, 3.63) is 53.9 Å². The SMILES string of the molecule is COc1cc(C(O)c2cc3cc(F)ccc3o2)ncn1. The van der Waals surface area contributed by atoms with Crippen LogP contribution in [0.1, 0.15) is 17.6 Å². The summed E-state index contributed by atoms with van der Waals surface area (Å²) in [5, 5.41) is 10.8. The fourth-order valence-electron chi connectivity index (χ4n) is 1.93. The highest BCUT2D eigenvalue weighted by Crippen LogP contribution is 2.28. The van der Waals surface area contributed by atoms with Crippen molar-refractivity contribution in [2.75, 3.05) is 7.11 Å². The Hall–Kier alpha value is -2.47. The van der Waals surface area contributed by atoms with Crippen LogP contribution >= 0.6 is 0 Å². The van der Waals surface area contributed by atoms with Gasteiger partial charge in [0.2, 0.25) is 5.88 Å². The monoisotopic (exact) mass is 274 g/mol. The quantitative estimate of drug-likeness (QED) is 0.794. The van der Waals surface area contributed by atoms with Gasteiger partial charge < -0.3 is 14.3 Å². The zero-order chi connectivity index (χ0) is 14.1. The fourth-order valence-corrected chi connectivity index (χ4v) is 1.93. The molecule has 0 aliphatic heterocycles. The van der Waals surface area contributed by atoms with Gasteiger partial charge in [-0.3, -0.25) is 0 Å². The number of methoxy groups -OCH3 is 1. The van der Waals surface area contributed by atoms with E-state index in [-0.39, 0.29) is 11.6 Å². The first-order chi connectivity index (χ1) is 9.67. The van der Waals surface area contributed by atoms with E-state index in [1.807, 2.05) is 0 Å². The molecule has 0 radical (unpaired) electrons. The Kier molecular flexibility index (Phi) is 3.08. The van der Waals surface area contributed by atoms with E-state index in [4.69, 9.17) is 9.15 Å². The second-order valence-corrected chi connectivity index (χ2v) is 4.22. The predicted molar refractivity (Wildman–Crippen MR) is 68.8 cm³/mol. The number of nitrogens with zero attached hydrogens (tertiary/aromatic N) is 2. The van der Waals surface area contributed by atoms with Crippen LogP contribution in [0.3, 0.4) is 0 Å². The van der Waals surface area contributed by atoms with E-state index in [0.29, 0.717) is 22.5 Å². The summed E-state index contributed by atoms with van der Waals surface area (Å²) in [6, 6.07) is 7.25. The van der Waals surface area contributed by atoms with Gasteiger partial charge in [-0.25, -0.2) is 14.4 Å². The maximum atomic E-state index is 13.1. The fraction of sp³-hybridized carbons (Fsp3) is 0.143. The number of furan rings is 1. The van der Waals surface area contributed by atoms with E-state index in [1.54, 1.807) is 6.07 Å². The van der Waals surface area contributed by atoms with Gasteiger partial charge in [-0.05, 0) is 24.3 Å². The van der Waals surface area contributed by atoms with Crippen molar-refractivity contribution in [3.8, 4) is 5.88 Å². The molecule has 1 atom stereocenters. The van der Waals surface area contributed by atoms with Gasteiger partial charge in [0.1, 0.15) is 23.5 Å². The van der Waals surface area contributed by atoms with Crippen LogP contribution in [0.25, 0.3) is 11.0 Å². The molecule has 0 aliphatic rings. The first-order valence-electron chi connectivity index (χ1n) is 5.90. The zero-order valence-corrected chi connectivity index (χ0v) is 10.6. The lowest BCUT2D eigenvalue weighted by Gasteiger charge is -2.07. The number of hydrogen-bond donors (Lipinski definition) is 1. The Morgan fingerprint density at radius 1 is 1.25 bits per heavy atom. The highest BCUT2D eigenvalue weighted by atomic mass is 19.1. The number of fused-ring (bicyclic) bond motifs is 1. The topological polar surface area (TPSA) is 68.4 Å². The number of benzene rings is 1. The third-order valence-electron chi connectivity index (χ3n) is 2.92. The van der Waals surface area contributed by atoms with Crippen LogP contribution in [0.4, 0.5) is 4.39 Å². The molecule has 1 aromatic carbocycles. The highest BCUT2D eigenvalue weighted by Gasteiger charge is 2.18. The third-order valence-corrected chi connectivity index (χ3v) is 2.92. The van der Waals surface area contributed by atoms with Gasteiger partial charge in [0.15, 0.2) is 6.10 Å². The van der Waals surface area contributed by atoms with Crippen molar-refractivity contribution in [1.82, 2.24) is 9.97 Å². The van der Waals surface area contributed by atoms with Gasteiger partial charge in [-0.15, -0.1) is 0 Å². The van der Waals surface area contributed by atoms with Gasteiger partial charge in [-0.2, -0.15) is 0 Å². The van der Waals surface area contributed by atoms with Gasteiger partial charge in [-0.1, -0.05) is 0 Å². The minimum absolute atomic E-state index is 0.284. The van der Waals surface area contributed by atoms with E-state index < -0.39 is 6.10 Å². The van der Waals surface area contributed by atoms with Crippen LogP contribution in [0.2, 0.25) is 0 Å². The van der Waals surface area contributed by atoms with Crippen LogP contribution < -0.4 is 4.74 Å². The molecule has 2 aromatic heterocycles. The molecule has 0 saturated carbocycles.